The van der Waals surface area contributed by atoms with Gasteiger partial charge >= 0.3 is 0 Å². The van der Waals surface area contributed by atoms with Crippen molar-refractivity contribution in [3.05, 3.63) is 29.3 Å². The number of halogens is 1. The quantitative estimate of drug-likeness (QED) is 0.834. The summed E-state index contributed by atoms with van der Waals surface area (Å²) in [4.78, 5) is 12.5. The van der Waals surface area contributed by atoms with Gasteiger partial charge < -0.3 is 11.1 Å². The third-order valence-electron chi connectivity index (χ3n) is 1.96. The number of rotatable bonds is 4. The van der Waals surface area contributed by atoms with Crippen LogP contribution in [0, 0.1) is 0 Å². The Balaban J connectivity index is 1.85. The largest absolute Gasteiger partial charge is 0.378 e. The standard InChI is InChI=1S/C10H9ClN4O2S/c11-6-1-3-7(4-2-6)18-5-8(16)13-10-9(12)14-17-15-10/h1-4H,5H2,(H2,12,14)(H,13,15,16). The van der Waals surface area contributed by atoms with Crippen molar-refractivity contribution in [2.24, 2.45) is 0 Å². The molecule has 2 aromatic rings. The van der Waals surface area contributed by atoms with Crippen molar-refractivity contribution in [2.45, 2.75) is 4.90 Å². The lowest BCUT2D eigenvalue weighted by Gasteiger charge is -2.02. The lowest BCUT2D eigenvalue weighted by Crippen LogP contribution is -2.15. The molecule has 0 fully saturated rings. The Morgan fingerprint density at radius 3 is 2.72 bits per heavy atom. The van der Waals surface area contributed by atoms with Crippen LogP contribution in [-0.2, 0) is 4.79 Å². The topological polar surface area (TPSA) is 94.0 Å². The Labute approximate surface area is 112 Å². The second-order valence-corrected chi connectivity index (χ2v) is 4.77. The van der Waals surface area contributed by atoms with Gasteiger partial charge in [0.25, 0.3) is 0 Å². The zero-order valence-corrected chi connectivity index (χ0v) is 10.7. The number of nitrogens with zero attached hydrogens (tertiary/aromatic N) is 2. The summed E-state index contributed by atoms with van der Waals surface area (Å²) < 4.78 is 4.36. The molecule has 1 aromatic carbocycles. The lowest BCUT2D eigenvalue weighted by molar-refractivity contribution is -0.113. The van der Waals surface area contributed by atoms with Gasteiger partial charge in [-0.3, -0.25) is 4.79 Å². The molecule has 1 heterocycles. The number of aromatic nitrogens is 2. The van der Waals surface area contributed by atoms with Gasteiger partial charge in [0, 0.05) is 9.92 Å². The van der Waals surface area contributed by atoms with E-state index < -0.39 is 0 Å². The molecule has 0 saturated heterocycles. The van der Waals surface area contributed by atoms with Gasteiger partial charge in [-0.1, -0.05) is 11.6 Å². The van der Waals surface area contributed by atoms with E-state index in [4.69, 9.17) is 17.3 Å². The third-order valence-corrected chi connectivity index (χ3v) is 3.22. The highest BCUT2D eigenvalue weighted by Crippen LogP contribution is 2.20. The highest BCUT2D eigenvalue weighted by molar-refractivity contribution is 8.00. The average Bonchev–Trinajstić information content (AvgIpc) is 2.74. The van der Waals surface area contributed by atoms with Crippen molar-refractivity contribution >= 4 is 40.9 Å². The van der Waals surface area contributed by atoms with Crippen molar-refractivity contribution in [2.75, 3.05) is 16.8 Å². The molecule has 0 aliphatic rings. The molecule has 0 atom stereocenters. The number of amides is 1. The number of nitrogens with two attached hydrogens (primary N) is 1. The first-order valence-electron chi connectivity index (χ1n) is 4.91. The van der Waals surface area contributed by atoms with Crippen LogP contribution in [0.2, 0.25) is 5.02 Å². The number of thioether (sulfide) groups is 1. The van der Waals surface area contributed by atoms with Crippen molar-refractivity contribution in [1.29, 1.82) is 0 Å². The Hall–Kier alpha value is -1.73. The van der Waals surface area contributed by atoms with Crippen molar-refractivity contribution in [3.8, 4) is 0 Å². The van der Waals surface area contributed by atoms with Gasteiger partial charge in [0.2, 0.25) is 17.5 Å². The maximum atomic E-state index is 11.6. The van der Waals surface area contributed by atoms with Gasteiger partial charge in [-0.25, -0.2) is 4.63 Å². The van der Waals surface area contributed by atoms with Gasteiger partial charge in [0.05, 0.1) is 5.75 Å². The molecule has 0 radical (unpaired) electrons. The van der Waals surface area contributed by atoms with Crippen molar-refractivity contribution in [1.82, 2.24) is 10.3 Å². The molecule has 0 spiro atoms. The van der Waals surface area contributed by atoms with Crippen molar-refractivity contribution in [3.63, 3.8) is 0 Å². The maximum Gasteiger partial charge on any atom is 0.236 e. The van der Waals surface area contributed by atoms with Gasteiger partial charge in [-0.2, -0.15) is 0 Å². The van der Waals surface area contributed by atoms with E-state index in [1.807, 2.05) is 12.1 Å². The number of anilines is 2. The molecular formula is C10H9ClN4O2S. The molecule has 0 aliphatic heterocycles. The van der Waals surface area contributed by atoms with E-state index in [0.29, 0.717) is 5.02 Å². The lowest BCUT2D eigenvalue weighted by atomic mass is 10.4. The summed E-state index contributed by atoms with van der Waals surface area (Å²) in [5.74, 6) is 0.183. The number of hydrogen-bond donors (Lipinski definition) is 2. The van der Waals surface area contributed by atoms with E-state index >= 15 is 0 Å². The molecule has 1 amide bonds. The van der Waals surface area contributed by atoms with E-state index in [2.05, 4.69) is 20.3 Å². The van der Waals surface area contributed by atoms with Crippen LogP contribution in [0.1, 0.15) is 0 Å². The number of benzene rings is 1. The zero-order valence-electron chi connectivity index (χ0n) is 9.09. The molecule has 0 bridgehead atoms. The molecule has 0 aliphatic carbocycles. The first kappa shape index (κ1) is 12.7. The number of nitrogen functional groups attached to an aromatic ring is 1. The molecule has 0 unspecified atom stereocenters. The van der Waals surface area contributed by atoms with Crippen LogP contribution in [0.4, 0.5) is 11.6 Å². The summed E-state index contributed by atoms with van der Waals surface area (Å²) >= 11 is 7.13. The van der Waals surface area contributed by atoms with Gasteiger partial charge in [0.1, 0.15) is 0 Å². The second-order valence-electron chi connectivity index (χ2n) is 3.29. The minimum absolute atomic E-state index is 0.0554. The molecule has 3 N–H and O–H groups in total. The number of carbonyl (C=O) groups is 1. The van der Waals surface area contributed by atoms with Gasteiger partial charge in [-0.15, -0.1) is 11.8 Å². The normalized spacial score (nSPS) is 10.3. The molecule has 8 heteroatoms. The van der Waals surface area contributed by atoms with Crippen LogP contribution in [0.15, 0.2) is 33.8 Å². The summed E-state index contributed by atoms with van der Waals surface area (Å²) in [5, 5.41) is 9.96. The number of nitrogens with one attached hydrogen (secondary N) is 1. The highest BCUT2D eigenvalue weighted by Gasteiger charge is 2.10. The van der Waals surface area contributed by atoms with Crippen molar-refractivity contribution < 1.29 is 9.42 Å². The van der Waals surface area contributed by atoms with E-state index in [1.54, 1.807) is 12.1 Å². The van der Waals surface area contributed by atoms with Crippen LogP contribution < -0.4 is 11.1 Å². The minimum Gasteiger partial charge on any atom is -0.378 e. The molecule has 0 saturated carbocycles. The first-order chi connectivity index (χ1) is 8.65. The molecule has 18 heavy (non-hydrogen) atoms. The summed E-state index contributed by atoms with van der Waals surface area (Å²) in [6.07, 6.45) is 0. The fourth-order valence-electron chi connectivity index (χ4n) is 1.13. The second kappa shape index (κ2) is 5.74. The summed E-state index contributed by atoms with van der Waals surface area (Å²) in [6, 6.07) is 7.21. The predicted molar refractivity (Wildman–Crippen MR) is 69.5 cm³/mol. The number of hydrogen-bond acceptors (Lipinski definition) is 6. The first-order valence-corrected chi connectivity index (χ1v) is 6.28. The van der Waals surface area contributed by atoms with Crippen LogP contribution in [0.25, 0.3) is 0 Å². The average molecular weight is 285 g/mol. The summed E-state index contributed by atoms with van der Waals surface area (Å²) in [7, 11) is 0. The molecule has 6 nitrogen and oxygen atoms in total. The van der Waals surface area contributed by atoms with Gasteiger partial charge in [0.15, 0.2) is 0 Å². The Kier molecular flexibility index (Phi) is 4.06. The van der Waals surface area contributed by atoms with E-state index in [9.17, 15) is 4.79 Å². The summed E-state index contributed by atoms with van der Waals surface area (Å²) in [6.45, 7) is 0. The maximum absolute atomic E-state index is 11.6. The van der Waals surface area contributed by atoms with E-state index in [0.717, 1.165) is 4.90 Å². The molecule has 1 aromatic heterocycles. The van der Waals surface area contributed by atoms with Gasteiger partial charge in [-0.05, 0) is 34.6 Å². The molecule has 94 valence electrons. The molecular weight excluding hydrogens is 276 g/mol. The smallest absolute Gasteiger partial charge is 0.236 e. The van der Waals surface area contributed by atoms with E-state index in [-0.39, 0.29) is 23.3 Å². The molecule has 2 rings (SSSR count). The van der Waals surface area contributed by atoms with Crippen LogP contribution in [0.5, 0.6) is 0 Å². The van der Waals surface area contributed by atoms with Crippen LogP contribution in [-0.4, -0.2) is 22.0 Å². The fraction of sp³-hybridized carbons (Fsp3) is 0.100. The fourth-order valence-corrected chi connectivity index (χ4v) is 1.95. The Bertz CT molecular complexity index is 543. The highest BCUT2D eigenvalue weighted by atomic mass is 35.5. The third kappa shape index (κ3) is 3.38. The Morgan fingerprint density at radius 1 is 1.39 bits per heavy atom. The SMILES string of the molecule is Nc1nonc1NC(=O)CSc1ccc(Cl)cc1. The van der Waals surface area contributed by atoms with E-state index in [1.165, 1.54) is 11.8 Å². The van der Waals surface area contributed by atoms with Crippen LogP contribution in [0.3, 0.4) is 0 Å². The minimum atomic E-state index is -0.239. The van der Waals surface area contributed by atoms with Crippen LogP contribution >= 0.6 is 23.4 Å². The zero-order chi connectivity index (χ0) is 13.0. The monoisotopic (exact) mass is 284 g/mol. The predicted octanol–water partition coefficient (Wildman–Crippen LogP) is 2.04. The summed E-state index contributed by atoms with van der Waals surface area (Å²) in [5.41, 5.74) is 5.41. The number of carbonyl (C=O) groups excluding carboxylic acids is 1. The Morgan fingerprint density at radius 2 is 2.11 bits per heavy atom.